The van der Waals surface area contributed by atoms with Crippen LogP contribution in [0.4, 0.5) is 0 Å². The maximum Gasteiger partial charge on any atom is 0.472 e. The van der Waals surface area contributed by atoms with E-state index in [1.807, 2.05) is 0 Å². The van der Waals surface area contributed by atoms with Crippen LogP contribution in [-0.2, 0) is 13.6 Å². The normalized spacial score (nSPS) is 14.8. The Bertz CT molecular complexity index is 214. The van der Waals surface area contributed by atoms with E-state index in [9.17, 15) is 9.46 Å². The molecule has 0 saturated carbocycles. The lowest BCUT2D eigenvalue weighted by Crippen LogP contribution is -1.99. The first-order chi connectivity index (χ1) is 8.12. The minimum atomic E-state index is -3.81. The molecule has 0 saturated heterocycles. The van der Waals surface area contributed by atoms with Crippen molar-refractivity contribution in [2.75, 3.05) is 18.5 Å². The SMILES string of the molecule is CCCCCCCCCOP(=O)(O)OCCBr. The van der Waals surface area contributed by atoms with Crippen LogP contribution in [0.1, 0.15) is 51.9 Å². The molecule has 0 aliphatic heterocycles. The molecule has 0 aliphatic carbocycles. The van der Waals surface area contributed by atoms with Crippen LogP contribution in [0.25, 0.3) is 0 Å². The molecule has 0 aromatic heterocycles. The molecular formula is C11H24BrO4P. The van der Waals surface area contributed by atoms with Crippen molar-refractivity contribution in [3.8, 4) is 0 Å². The third-order valence-electron chi connectivity index (χ3n) is 2.33. The maximum absolute atomic E-state index is 11.2. The minimum Gasteiger partial charge on any atom is -0.302 e. The summed E-state index contributed by atoms with van der Waals surface area (Å²) < 4.78 is 20.7. The molecule has 0 spiro atoms. The highest BCUT2D eigenvalue weighted by Crippen LogP contribution is 2.43. The second kappa shape index (κ2) is 11.7. The largest absolute Gasteiger partial charge is 0.472 e. The van der Waals surface area contributed by atoms with E-state index in [1.54, 1.807) is 0 Å². The van der Waals surface area contributed by atoms with Gasteiger partial charge in [0.15, 0.2) is 0 Å². The van der Waals surface area contributed by atoms with E-state index in [1.165, 1.54) is 32.1 Å². The molecule has 104 valence electrons. The quantitative estimate of drug-likeness (QED) is 0.330. The van der Waals surface area contributed by atoms with E-state index < -0.39 is 7.82 Å². The highest BCUT2D eigenvalue weighted by atomic mass is 79.9. The summed E-state index contributed by atoms with van der Waals surface area (Å²) in [6.07, 6.45) is 8.09. The summed E-state index contributed by atoms with van der Waals surface area (Å²) >= 11 is 3.11. The molecule has 0 radical (unpaired) electrons. The molecule has 1 unspecified atom stereocenters. The van der Waals surface area contributed by atoms with Gasteiger partial charge in [0.1, 0.15) is 0 Å². The number of phosphoric acid groups is 1. The summed E-state index contributed by atoms with van der Waals surface area (Å²) in [6, 6.07) is 0. The maximum atomic E-state index is 11.2. The van der Waals surface area contributed by atoms with Crippen molar-refractivity contribution in [2.24, 2.45) is 0 Å². The molecule has 6 heteroatoms. The van der Waals surface area contributed by atoms with Crippen molar-refractivity contribution in [3.63, 3.8) is 0 Å². The van der Waals surface area contributed by atoms with E-state index in [0.717, 1.165) is 12.8 Å². The fourth-order valence-corrected chi connectivity index (χ4v) is 2.59. The Morgan fingerprint density at radius 3 is 2.12 bits per heavy atom. The van der Waals surface area contributed by atoms with Gasteiger partial charge in [0.25, 0.3) is 0 Å². The summed E-state index contributed by atoms with van der Waals surface area (Å²) in [4.78, 5) is 9.21. The van der Waals surface area contributed by atoms with Crippen molar-refractivity contribution < 1.29 is 18.5 Å². The van der Waals surface area contributed by atoms with Gasteiger partial charge in [-0.3, -0.25) is 9.05 Å². The van der Waals surface area contributed by atoms with Gasteiger partial charge >= 0.3 is 7.82 Å². The monoisotopic (exact) mass is 330 g/mol. The van der Waals surface area contributed by atoms with Gasteiger partial charge in [0.05, 0.1) is 13.2 Å². The zero-order valence-electron chi connectivity index (χ0n) is 10.6. The van der Waals surface area contributed by atoms with Crippen molar-refractivity contribution in [3.05, 3.63) is 0 Å². The molecular weight excluding hydrogens is 307 g/mol. The van der Waals surface area contributed by atoms with Crippen molar-refractivity contribution in [2.45, 2.75) is 51.9 Å². The van der Waals surface area contributed by atoms with Gasteiger partial charge in [-0.2, -0.15) is 0 Å². The van der Waals surface area contributed by atoms with Crippen LogP contribution >= 0.6 is 23.8 Å². The lowest BCUT2D eigenvalue weighted by molar-refractivity contribution is 0.154. The summed E-state index contributed by atoms with van der Waals surface area (Å²) in [7, 11) is -3.81. The van der Waals surface area contributed by atoms with Crippen molar-refractivity contribution in [1.82, 2.24) is 0 Å². The number of unbranched alkanes of at least 4 members (excludes halogenated alkanes) is 6. The predicted molar refractivity (Wildman–Crippen MR) is 73.5 cm³/mol. The van der Waals surface area contributed by atoms with Crippen molar-refractivity contribution in [1.29, 1.82) is 0 Å². The molecule has 1 atom stereocenters. The van der Waals surface area contributed by atoms with E-state index in [-0.39, 0.29) is 6.61 Å². The van der Waals surface area contributed by atoms with E-state index >= 15 is 0 Å². The van der Waals surface area contributed by atoms with Crippen LogP contribution in [0.15, 0.2) is 0 Å². The molecule has 17 heavy (non-hydrogen) atoms. The summed E-state index contributed by atoms with van der Waals surface area (Å²) in [5, 5.41) is 0.526. The number of alkyl halides is 1. The zero-order chi connectivity index (χ0) is 13.0. The number of rotatable bonds is 12. The average molecular weight is 331 g/mol. The number of hydrogen-bond donors (Lipinski definition) is 1. The van der Waals surface area contributed by atoms with Crippen LogP contribution in [0.2, 0.25) is 0 Å². The first-order valence-corrected chi connectivity index (χ1v) is 8.92. The lowest BCUT2D eigenvalue weighted by atomic mass is 10.1. The first kappa shape index (κ1) is 17.6. The molecule has 0 amide bonds. The highest BCUT2D eigenvalue weighted by molar-refractivity contribution is 9.09. The Morgan fingerprint density at radius 2 is 1.53 bits per heavy atom. The third kappa shape index (κ3) is 12.8. The second-order valence-corrected chi connectivity index (χ2v) is 6.19. The first-order valence-electron chi connectivity index (χ1n) is 6.30. The van der Waals surface area contributed by atoms with Gasteiger partial charge < -0.3 is 4.89 Å². The van der Waals surface area contributed by atoms with Gasteiger partial charge in [-0.15, -0.1) is 0 Å². The van der Waals surface area contributed by atoms with Crippen LogP contribution in [-0.4, -0.2) is 23.4 Å². The van der Waals surface area contributed by atoms with Crippen LogP contribution in [0, 0.1) is 0 Å². The molecule has 0 aromatic carbocycles. The zero-order valence-corrected chi connectivity index (χ0v) is 13.0. The second-order valence-electron chi connectivity index (χ2n) is 3.95. The fourth-order valence-electron chi connectivity index (χ4n) is 1.43. The molecule has 1 N–H and O–H groups in total. The predicted octanol–water partition coefficient (Wildman–Crippen LogP) is 4.27. The van der Waals surface area contributed by atoms with Crippen LogP contribution in [0.3, 0.4) is 0 Å². The molecule has 0 fully saturated rings. The summed E-state index contributed by atoms with van der Waals surface area (Å²) in [5.74, 6) is 0. The molecule has 0 bridgehead atoms. The Kier molecular flexibility index (Phi) is 12.1. The smallest absolute Gasteiger partial charge is 0.302 e. The van der Waals surface area contributed by atoms with Gasteiger partial charge in [-0.05, 0) is 6.42 Å². The minimum absolute atomic E-state index is 0.185. The molecule has 0 aromatic rings. The van der Waals surface area contributed by atoms with Gasteiger partial charge in [0, 0.05) is 5.33 Å². The Hall–Kier alpha value is 0.590. The third-order valence-corrected chi connectivity index (χ3v) is 3.68. The molecule has 4 nitrogen and oxygen atoms in total. The van der Waals surface area contributed by atoms with E-state index in [2.05, 4.69) is 27.4 Å². The summed E-state index contributed by atoms with van der Waals surface area (Å²) in [5.41, 5.74) is 0. The lowest BCUT2D eigenvalue weighted by Gasteiger charge is -2.10. The number of hydrogen-bond acceptors (Lipinski definition) is 3. The van der Waals surface area contributed by atoms with E-state index in [4.69, 9.17) is 4.52 Å². The van der Waals surface area contributed by atoms with Gasteiger partial charge in [0.2, 0.25) is 0 Å². The van der Waals surface area contributed by atoms with Gasteiger partial charge in [-0.1, -0.05) is 61.4 Å². The van der Waals surface area contributed by atoms with Crippen LogP contribution in [0.5, 0.6) is 0 Å². The average Bonchev–Trinajstić information content (AvgIpc) is 2.30. The molecule has 0 heterocycles. The van der Waals surface area contributed by atoms with E-state index in [0.29, 0.717) is 11.9 Å². The Morgan fingerprint density at radius 1 is 1.00 bits per heavy atom. The van der Waals surface area contributed by atoms with Crippen LogP contribution < -0.4 is 0 Å². The highest BCUT2D eigenvalue weighted by Gasteiger charge is 2.19. The standard InChI is InChI=1S/C11H24BrO4P/c1-2-3-4-5-6-7-8-10-15-17(13,14)16-11-9-12/h2-11H2,1H3,(H,13,14). The number of halogens is 1. The summed E-state index contributed by atoms with van der Waals surface area (Å²) in [6.45, 7) is 2.67. The number of phosphoric ester groups is 1. The van der Waals surface area contributed by atoms with Gasteiger partial charge in [-0.25, -0.2) is 4.57 Å². The Balaban J connectivity index is 3.29. The topological polar surface area (TPSA) is 55.8 Å². The molecule has 0 rings (SSSR count). The van der Waals surface area contributed by atoms with Crippen molar-refractivity contribution >= 4 is 23.8 Å². The molecule has 0 aliphatic rings. The fraction of sp³-hybridized carbons (Fsp3) is 1.00. The Labute approximate surface area is 113 Å².